The molecular weight excluding hydrogens is 200 g/mol. The maximum absolute atomic E-state index is 11.6. The van der Waals surface area contributed by atoms with E-state index in [0.717, 1.165) is 31.6 Å². The molecular formula is C13H22N2O. The zero-order chi connectivity index (χ0) is 12.0. The lowest BCUT2D eigenvalue weighted by Gasteiger charge is -2.16. The van der Waals surface area contributed by atoms with Crippen molar-refractivity contribution < 1.29 is 0 Å². The summed E-state index contributed by atoms with van der Waals surface area (Å²) in [5, 5.41) is 3.46. The van der Waals surface area contributed by atoms with E-state index >= 15 is 0 Å². The Morgan fingerprint density at radius 1 is 1.31 bits per heavy atom. The van der Waals surface area contributed by atoms with Crippen LogP contribution in [0, 0.1) is 6.92 Å². The first-order valence-corrected chi connectivity index (χ1v) is 6.08. The molecule has 0 aliphatic rings. The van der Waals surface area contributed by atoms with E-state index in [2.05, 4.69) is 19.2 Å². The van der Waals surface area contributed by atoms with Gasteiger partial charge in [0.25, 0.3) is 5.56 Å². The first-order valence-electron chi connectivity index (χ1n) is 6.08. The first-order chi connectivity index (χ1) is 7.69. The van der Waals surface area contributed by atoms with Crippen molar-refractivity contribution in [3.63, 3.8) is 0 Å². The maximum atomic E-state index is 11.6. The number of hydrogen-bond donors (Lipinski definition) is 1. The molecule has 16 heavy (non-hydrogen) atoms. The molecule has 0 amide bonds. The van der Waals surface area contributed by atoms with Crippen molar-refractivity contribution in [3.8, 4) is 0 Å². The molecule has 1 heterocycles. The molecule has 0 saturated carbocycles. The highest BCUT2D eigenvalue weighted by atomic mass is 16.1. The Balaban J connectivity index is 2.52. The summed E-state index contributed by atoms with van der Waals surface area (Å²) in [6.07, 6.45) is 2.28. The lowest BCUT2D eigenvalue weighted by Crippen LogP contribution is -2.33. The van der Waals surface area contributed by atoms with Crippen molar-refractivity contribution in [3.05, 3.63) is 34.2 Å². The van der Waals surface area contributed by atoms with Gasteiger partial charge >= 0.3 is 0 Å². The van der Waals surface area contributed by atoms with Gasteiger partial charge in [0.15, 0.2) is 0 Å². The first kappa shape index (κ1) is 13.0. The summed E-state index contributed by atoms with van der Waals surface area (Å²) < 4.78 is 1.81. The molecule has 0 fully saturated rings. The summed E-state index contributed by atoms with van der Waals surface area (Å²) in [5.74, 6) is 0. The number of nitrogens with zero attached hydrogens (tertiary/aromatic N) is 1. The lowest BCUT2D eigenvalue weighted by atomic mass is 10.2. The van der Waals surface area contributed by atoms with Crippen molar-refractivity contribution in [2.75, 3.05) is 6.54 Å². The minimum absolute atomic E-state index is 0.0892. The van der Waals surface area contributed by atoms with Crippen LogP contribution in [0.5, 0.6) is 0 Å². The molecule has 1 N–H and O–H groups in total. The van der Waals surface area contributed by atoms with Gasteiger partial charge in [-0.25, -0.2) is 0 Å². The number of nitrogens with one attached hydrogen (secondary N) is 1. The van der Waals surface area contributed by atoms with Gasteiger partial charge in [0.1, 0.15) is 0 Å². The maximum Gasteiger partial charge on any atom is 0.250 e. The van der Waals surface area contributed by atoms with Gasteiger partial charge in [-0.3, -0.25) is 4.79 Å². The lowest BCUT2D eigenvalue weighted by molar-refractivity contribution is 0.460. The molecule has 90 valence electrons. The topological polar surface area (TPSA) is 34.0 Å². The predicted octanol–water partition coefficient (Wildman–Crippen LogP) is 1.93. The third kappa shape index (κ3) is 3.49. The van der Waals surface area contributed by atoms with E-state index < -0.39 is 0 Å². The molecule has 0 aliphatic heterocycles. The molecule has 1 rings (SSSR count). The van der Waals surface area contributed by atoms with Crippen LogP contribution < -0.4 is 10.9 Å². The number of pyridine rings is 1. The van der Waals surface area contributed by atoms with Gasteiger partial charge in [-0.2, -0.15) is 0 Å². The molecule has 0 radical (unpaired) electrons. The summed E-state index contributed by atoms with van der Waals surface area (Å²) in [6, 6.07) is 5.96. The van der Waals surface area contributed by atoms with Crippen LogP contribution in [0.3, 0.4) is 0 Å². The molecule has 3 heteroatoms. The second kappa shape index (κ2) is 6.48. The van der Waals surface area contributed by atoms with Crippen molar-refractivity contribution >= 4 is 0 Å². The second-order valence-electron chi connectivity index (χ2n) is 4.12. The zero-order valence-corrected chi connectivity index (χ0v) is 10.5. The van der Waals surface area contributed by atoms with Crippen LogP contribution in [0.15, 0.2) is 23.0 Å². The third-order valence-electron chi connectivity index (χ3n) is 3.02. The van der Waals surface area contributed by atoms with Crippen LogP contribution >= 0.6 is 0 Å². The average molecular weight is 222 g/mol. The quantitative estimate of drug-likeness (QED) is 0.798. The number of hydrogen-bond acceptors (Lipinski definition) is 2. The Morgan fingerprint density at radius 2 is 2.00 bits per heavy atom. The van der Waals surface area contributed by atoms with Crippen LogP contribution in [0.25, 0.3) is 0 Å². The van der Waals surface area contributed by atoms with Gasteiger partial charge in [0.05, 0.1) is 0 Å². The summed E-state index contributed by atoms with van der Waals surface area (Å²) in [7, 11) is 0. The summed E-state index contributed by atoms with van der Waals surface area (Å²) in [5.41, 5.74) is 1.12. The van der Waals surface area contributed by atoms with Gasteiger partial charge in [0, 0.05) is 30.9 Å². The van der Waals surface area contributed by atoms with Crippen LogP contribution in [0.2, 0.25) is 0 Å². The van der Waals surface area contributed by atoms with Crippen LogP contribution in [0.4, 0.5) is 0 Å². The van der Waals surface area contributed by atoms with Gasteiger partial charge in [-0.05, 0) is 25.8 Å². The van der Waals surface area contributed by atoms with Crippen molar-refractivity contribution in [2.45, 2.75) is 46.2 Å². The average Bonchev–Trinajstić information content (AvgIpc) is 2.28. The summed E-state index contributed by atoms with van der Waals surface area (Å²) in [4.78, 5) is 11.6. The predicted molar refractivity (Wildman–Crippen MR) is 67.8 cm³/mol. The van der Waals surface area contributed by atoms with E-state index in [9.17, 15) is 4.79 Å². The Bertz CT molecular complexity index is 366. The molecule has 0 bridgehead atoms. The summed E-state index contributed by atoms with van der Waals surface area (Å²) >= 11 is 0. The fraction of sp³-hybridized carbons (Fsp3) is 0.615. The smallest absolute Gasteiger partial charge is 0.250 e. The summed E-state index contributed by atoms with van der Waals surface area (Å²) in [6.45, 7) is 7.94. The van der Waals surface area contributed by atoms with Crippen molar-refractivity contribution in [2.24, 2.45) is 0 Å². The van der Waals surface area contributed by atoms with Gasteiger partial charge in [-0.15, -0.1) is 0 Å². The Morgan fingerprint density at radius 3 is 2.56 bits per heavy atom. The molecule has 0 atom stereocenters. The fourth-order valence-corrected chi connectivity index (χ4v) is 1.87. The molecule has 1 aromatic rings. The molecule has 0 aromatic carbocycles. The van der Waals surface area contributed by atoms with E-state index in [-0.39, 0.29) is 5.56 Å². The highest BCUT2D eigenvalue weighted by molar-refractivity contribution is 5.04. The minimum atomic E-state index is 0.0892. The largest absolute Gasteiger partial charge is 0.312 e. The minimum Gasteiger partial charge on any atom is -0.312 e. The second-order valence-corrected chi connectivity index (χ2v) is 4.12. The Hall–Kier alpha value is -1.09. The van der Waals surface area contributed by atoms with E-state index in [1.165, 1.54) is 0 Å². The van der Waals surface area contributed by atoms with E-state index in [1.54, 1.807) is 6.07 Å². The van der Waals surface area contributed by atoms with Gasteiger partial charge in [-0.1, -0.05) is 19.9 Å². The molecule has 0 unspecified atom stereocenters. The van der Waals surface area contributed by atoms with E-state index in [0.29, 0.717) is 6.04 Å². The highest BCUT2D eigenvalue weighted by Crippen LogP contribution is 1.96. The molecule has 1 aromatic heterocycles. The SMILES string of the molecule is CCC(CC)NCCn1c(C)cccc1=O. The van der Waals surface area contributed by atoms with E-state index in [1.807, 2.05) is 23.6 Å². The normalized spacial score (nSPS) is 11.0. The van der Waals surface area contributed by atoms with Gasteiger partial charge in [0.2, 0.25) is 0 Å². The van der Waals surface area contributed by atoms with E-state index in [4.69, 9.17) is 0 Å². The van der Waals surface area contributed by atoms with Gasteiger partial charge < -0.3 is 9.88 Å². The Kier molecular flexibility index (Phi) is 5.26. The Labute approximate surface area is 97.5 Å². The molecule has 0 aliphatic carbocycles. The van der Waals surface area contributed by atoms with Crippen LogP contribution in [-0.2, 0) is 6.54 Å². The van der Waals surface area contributed by atoms with Crippen LogP contribution in [0.1, 0.15) is 32.4 Å². The van der Waals surface area contributed by atoms with Crippen LogP contribution in [-0.4, -0.2) is 17.2 Å². The van der Waals surface area contributed by atoms with Crippen molar-refractivity contribution in [1.82, 2.24) is 9.88 Å². The standard InChI is InChI=1S/C13H22N2O/c1-4-12(5-2)14-9-10-15-11(3)7-6-8-13(15)16/h6-8,12,14H,4-5,9-10H2,1-3H3. The van der Waals surface area contributed by atoms with Crippen molar-refractivity contribution in [1.29, 1.82) is 0 Å². The third-order valence-corrected chi connectivity index (χ3v) is 3.02. The number of rotatable bonds is 6. The molecule has 0 spiro atoms. The highest BCUT2D eigenvalue weighted by Gasteiger charge is 2.03. The number of aryl methyl sites for hydroxylation is 1. The fourth-order valence-electron chi connectivity index (χ4n) is 1.87. The monoisotopic (exact) mass is 222 g/mol. The molecule has 0 saturated heterocycles. The molecule has 3 nitrogen and oxygen atoms in total. The zero-order valence-electron chi connectivity index (χ0n) is 10.5. The number of aromatic nitrogens is 1.